The van der Waals surface area contributed by atoms with E-state index in [1.54, 1.807) is 11.3 Å². The molecule has 23 heavy (non-hydrogen) atoms. The molecule has 0 saturated carbocycles. The Kier molecular flexibility index (Phi) is 6.86. The molecule has 0 atom stereocenters. The van der Waals surface area contributed by atoms with Crippen LogP contribution in [0.2, 0.25) is 5.02 Å². The highest BCUT2D eigenvalue weighted by Gasteiger charge is 2.05. The maximum atomic E-state index is 6.01. The fourth-order valence-electron chi connectivity index (χ4n) is 2.23. The molecule has 0 unspecified atom stereocenters. The minimum absolute atomic E-state index is 0.657. The van der Waals surface area contributed by atoms with E-state index in [9.17, 15) is 0 Å². The molecule has 0 aliphatic rings. The molecule has 0 amide bonds. The van der Waals surface area contributed by atoms with Gasteiger partial charge in [-0.25, -0.2) is 9.98 Å². The highest BCUT2D eigenvalue weighted by atomic mass is 35.5. The molecule has 0 saturated heterocycles. The minimum atomic E-state index is 0.657. The first-order valence-electron chi connectivity index (χ1n) is 7.78. The Bertz CT molecular complexity index is 666. The van der Waals surface area contributed by atoms with Gasteiger partial charge in [0.1, 0.15) is 0 Å². The van der Waals surface area contributed by atoms with E-state index in [0.29, 0.717) is 6.54 Å². The van der Waals surface area contributed by atoms with Crippen molar-refractivity contribution in [3.63, 3.8) is 0 Å². The van der Waals surface area contributed by atoms with Gasteiger partial charge in [-0.05, 0) is 44.9 Å². The summed E-state index contributed by atoms with van der Waals surface area (Å²) in [7, 11) is 0. The smallest absolute Gasteiger partial charge is 0.191 e. The Morgan fingerprint density at radius 2 is 2.13 bits per heavy atom. The van der Waals surface area contributed by atoms with Gasteiger partial charge in [-0.1, -0.05) is 23.7 Å². The van der Waals surface area contributed by atoms with Crippen LogP contribution in [-0.4, -0.2) is 24.0 Å². The van der Waals surface area contributed by atoms with Crippen molar-refractivity contribution in [1.29, 1.82) is 0 Å². The minimum Gasteiger partial charge on any atom is -0.357 e. The van der Waals surface area contributed by atoms with Crippen molar-refractivity contribution < 1.29 is 0 Å². The Balaban J connectivity index is 1.90. The standard InChI is InChI=1S/C17H23ClN4S/c1-4-19-17(21-11-16-12(2)22-13(3)23-16)20-9-8-14-6-5-7-15(18)10-14/h5-7,10H,4,8-9,11H2,1-3H3,(H2,19,20,21). The molecular weight excluding hydrogens is 328 g/mol. The van der Waals surface area contributed by atoms with Crippen LogP contribution < -0.4 is 10.6 Å². The molecule has 0 radical (unpaired) electrons. The van der Waals surface area contributed by atoms with Crippen molar-refractivity contribution in [1.82, 2.24) is 15.6 Å². The third kappa shape index (κ3) is 5.84. The predicted octanol–water partition coefficient (Wildman–Crippen LogP) is 3.71. The zero-order chi connectivity index (χ0) is 16.7. The first kappa shape index (κ1) is 17.8. The summed E-state index contributed by atoms with van der Waals surface area (Å²) < 4.78 is 0. The lowest BCUT2D eigenvalue weighted by Crippen LogP contribution is -2.38. The summed E-state index contributed by atoms with van der Waals surface area (Å²) in [5.74, 6) is 0.833. The van der Waals surface area contributed by atoms with Gasteiger partial charge in [0.15, 0.2) is 5.96 Å². The number of thiazole rings is 1. The number of nitrogens with one attached hydrogen (secondary N) is 2. The van der Waals surface area contributed by atoms with Crippen LogP contribution in [0.4, 0.5) is 0 Å². The van der Waals surface area contributed by atoms with Gasteiger partial charge in [-0.2, -0.15) is 0 Å². The van der Waals surface area contributed by atoms with E-state index in [1.165, 1.54) is 10.4 Å². The van der Waals surface area contributed by atoms with Crippen LogP contribution in [-0.2, 0) is 13.0 Å². The SMILES string of the molecule is CCNC(=NCc1sc(C)nc1C)NCCc1cccc(Cl)c1. The topological polar surface area (TPSA) is 49.3 Å². The molecule has 0 spiro atoms. The quantitative estimate of drug-likeness (QED) is 0.616. The van der Waals surface area contributed by atoms with E-state index >= 15 is 0 Å². The number of guanidine groups is 1. The van der Waals surface area contributed by atoms with Crippen LogP contribution in [0, 0.1) is 13.8 Å². The molecule has 4 nitrogen and oxygen atoms in total. The van der Waals surface area contributed by atoms with E-state index in [2.05, 4.69) is 33.6 Å². The van der Waals surface area contributed by atoms with Gasteiger partial charge in [0.05, 0.1) is 17.2 Å². The van der Waals surface area contributed by atoms with E-state index < -0.39 is 0 Å². The van der Waals surface area contributed by atoms with Crippen molar-refractivity contribution in [2.75, 3.05) is 13.1 Å². The molecule has 1 aromatic heterocycles. The van der Waals surface area contributed by atoms with Gasteiger partial charge in [0.2, 0.25) is 0 Å². The molecule has 0 bridgehead atoms. The van der Waals surface area contributed by atoms with Gasteiger partial charge in [0.25, 0.3) is 0 Å². The molecule has 2 rings (SSSR count). The maximum Gasteiger partial charge on any atom is 0.191 e. The fourth-order valence-corrected chi connectivity index (χ4v) is 3.31. The number of nitrogens with zero attached hydrogens (tertiary/aromatic N) is 2. The molecule has 124 valence electrons. The molecule has 0 aliphatic heterocycles. The fraction of sp³-hybridized carbons (Fsp3) is 0.412. The molecule has 0 fully saturated rings. The summed E-state index contributed by atoms with van der Waals surface area (Å²) in [5, 5.41) is 8.51. The van der Waals surface area contributed by atoms with Crippen LogP contribution in [0.3, 0.4) is 0 Å². The lowest BCUT2D eigenvalue weighted by Gasteiger charge is -2.11. The normalized spacial score (nSPS) is 11.6. The Morgan fingerprint density at radius 3 is 2.78 bits per heavy atom. The number of aromatic nitrogens is 1. The molecule has 1 aromatic carbocycles. The Hall–Kier alpha value is -1.59. The molecule has 6 heteroatoms. The van der Waals surface area contributed by atoms with E-state index in [0.717, 1.165) is 41.2 Å². The molecule has 0 aliphatic carbocycles. The van der Waals surface area contributed by atoms with Crippen LogP contribution in [0.25, 0.3) is 0 Å². The summed E-state index contributed by atoms with van der Waals surface area (Å²) in [5.41, 5.74) is 2.29. The van der Waals surface area contributed by atoms with Crippen LogP contribution >= 0.6 is 22.9 Å². The van der Waals surface area contributed by atoms with Gasteiger partial charge in [-0.15, -0.1) is 11.3 Å². The zero-order valence-electron chi connectivity index (χ0n) is 13.8. The van der Waals surface area contributed by atoms with Crippen molar-refractivity contribution in [2.24, 2.45) is 4.99 Å². The third-order valence-electron chi connectivity index (χ3n) is 3.32. The second-order valence-corrected chi connectivity index (χ2v) is 6.97. The summed E-state index contributed by atoms with van der Waals surface area (Å²) >= 11 is 7.72. The monoisotopic (exact) mass is 350 g/mol. The number of benzene rings is 1. The van der Waals surface area contributed by atoms with Crippen molar-refractivity contribution >= 4 is 28.9 Å². The van der Waals surface area contributed by atoms with Gasteiger partial charge >= 0.3 is 0 Å². The second kappa shape index (κ2) is 8.89. The molecule has 2 aromatic rings. The zero-order valence-corrected chi connectivity index (χ0v) is 15.4. The van der Waals surface area contributed by atoms with Crippen molar-refractivity contribution in [3.8, 4) is 0 Å². The number of aliphatic imine (C=N–C) groups is 1. The van der Waals surface area contributed by atoms with Crippen LogP contribution in [0.5, 0.6) is 0 Å². The Labute approximate surface area is 147 Å². The molecule has 2 N–H and O–H groups in total. The highest BCUT2D eigenvalue weighted by Crippen LogP contribution is 2.17. The summed E-state index contributed by atoms with van der Waals surface area (Å²) in [4.78, 5) is 10.3. The van der Waals surface area contributed by atoms with Gasteiger partial charge < -0.3 is 10.6 Å². The van der Waals surface area contributed by atoms with E-state index in [4.69, 9.17) is 11.6 Å². The van der Waals surface area contributed by atoms with Crippen LogP contribution in [0.1, 0.15) is 28.1 Å². The number of aryl methyl sites for hydroxylation is 2. The first-order valence-corrected chi connectivity index (χ1v) is 8.97. The number of hydrogen-bond acceptors (Lipinski definition) is 3. The third-order valence-corrected chi connectivity index (χ3v) is 4.61. The second-order valence-electron chi connectivity index (χ2n) is 5.24. The largest absolute Gasteiger partial charge is 0.357 e. The number of rotatable bonds is 6. The number of halogens is 1. The van der Waals surface area contributed by atoms with Crippen molar-refractivity contribution in [2.45, 2.75) is 33.7 Å². The van der Waals surface area contributed by atoms with Gasteiger partial charge in [-0.3, -0.25) is 0 Å². The van der Waals surface area contributed by atoms with Crippen molar-refractivity contribution in [3.05, 3.63) is 50.4 Å². The van der Waals surface area contributed by atoms with E-state index in [1.807, 2.05) is 32.0 Å². The first-order chi connectivity index (χ1) is 11.1. The highest BCUT2D eigenvalue weighted by molar-refractivity contribution is 7.11. The maximum absolute atomic E-state index is 6.01. The summed E-state index contributed by atoms with van der Waals surface area (Å²) in [6.45, 7) is 8.43. The average Bonchev–Trinajstić information content (AvgIpc) is 2.83. The lowest BCUT2D eigenvalue weighted by atomic mass is 10.1. The lowest BCUT2D eigenvalue weighted by molar-refractivity contribution is 0.800. The summed E-state index contributed by atoms with van der Waals surface area (Å²) in [6.07, 6.45) is 0.906. The summed E-state index contributed by atoms with van der Waals surface area (Å²) in [6, 6.07) is 7.95. The Morgan fingerprint density at radius 1 is 1.30 bits per heavy atom. The molecule has 1 heterocycles. The number of hydrogen-bond donors (Lipinski definition) is 2. The van der Waals surface area contributed by atoms with Gasteiger partial charge in [0, 0.05) is 23.0 Å². The van der Waals surface area contributed by atoms with Crippen LogP contribution in [0.15, 0.2) is 29.3 Å². The average molecular weight is 351 g/mol. The van der Waals surface area contributed by atoms with E-state index in [-0.39, 0.29) is 0 Å². The molecular formula is C17H23ClN4S. The predicted molar refractivity (Wildman–Crippen MR) is 99.6 cm³/mol.